The monoisotopic (exact) mass is 657 g/mol. The van der Waals surface area contributed by atoms with Crippen LogP contribution in [0.3, 0.4) is 0 Å². The van der Waals surface area contributed by atoms with Gasteiger partial charge >= 0.3 is 11.9 Å². The van der Waals surface area contributed by atoms with Crippen molar-refractivity contribution in [3.8, 4) is 5.75 Å². The minimum Gasteiger partial charge on any atom is -0.494 e. The first-order valence-corrected chi connectivity index (χ1v) is 18.5. The average Bonchev–Trinajstić information content (AvgIpc) is 3.12. The van der Waals surface area contributed by atoms with Crippen molar-refractivity contribution in [2.24, 2.45) is 0 Å². The van der Waals surface area contributed by atoms with Crippen LogP contribution in [0.5, 0.6) is 5.75 Å². The Labute approximate surface area is 290 Å². The topological polar surface area (TPSA) is 65.1 Å². The molecule has 0 bridgehead atoms. The fraction of sp³-hybridized carbons (Fsp3) is 0.524. The number of hydrogen-bond acceptors (Lipinski definition) is 6. The van der Waals surface area contributed by atoms with Crippen LogP contribution in [0.1, 0.15) is 121 Å². The molecule has 0 spiro atoms. The van der Waals surface area contributed by atoms with Gasteiger partial charge in [-0.15, -0.1) is 0 Å². The molecule has 0 heterocycles. The summed E-state index contributed by atoms with van der Waals surface area (Å²) in [5.74, 6) is -0.128. The quantitative estimate of drug-likeness (QED) is 0.0600. The smallest absolute Gasteiger partial charge is 0.325 e. The predicted octanol–water partition coefficient (Wildman–Crippen LogP) is 10.6. The van der Waals surface area contributed by atoms with Gasteiger partial charge in [-0.3, -0.25) is 9.59 Å². The number of carbonyl (C=O) groups excluding carboxylic acids is 2. The van der Waals surface area contributed by atoms with Crippen molar-refractivity contribution in [2.75, 3.05) is 24.6 Å². The van der Waals surface area contributed by atoms with Gasteiger partial charge in [0.2, 0.25) is 0 Å². The third kappa shape index (κ3) is 17.9. The number of benzene rings is 3. The van der Waals surface area contributed by atoms with Gasteiger partial charge in [0.25, 0.3) is 0 Å². The molecule has 0 radical (unpaired) electrons. The molecular formula is C42H59NO5. The number of esters is 2. The van der Waals surface area contributed by atoms with Crippen molar-refractivity contribution in [1.29, 1.82) is 0 Å². The molecule has 6 nitrogen and oxygen atoms in total. The Hall–Kier alpha value is -3.80. The lowest BCUT2D eigenvalue weighted by Crippen LogP contribution is -2.36. The SMILES string of the molecule is CCCCCCCCCCCCCCCCCCOc1cccc(N(CC(=O)OCc2ccccc2)CC(=O)OCc2ccccc2)c1. The largest absolute Gasteiger partial charge is 0.494 e. The van der Waals surface area contributed by atoms with E-state index in [1.807, 2.05) is 84.9 Å². The van der Waals surface area contributed by atoms with E-state index >= 15 is 0 Å². The molecule has 48 heavy (non-hydrogen) atoms. The summed E-state index contributed by atoms with van der Waals surface area (Å²) in [6.07, 6.45) is 21.4. The maximum Gasteiger partial charge on any atom is 0.325 e. The van der Waals surface area contributed by atoms with Crippen molar-refractivity contribution in [3.05, 3.63) is 96.1 Å². The van der Waals surface area contributed by atoms with Gasteiger partial charge in [-0.25, -0.2) is 0 Å². The fourth-order valence-corrected chi connectivity index (χ4v) is 5.73. The van der Waals surface area contributed by atoms with E-state index in [4.69, 9.17) is 14.2 Å². The van der Waals surface area contributed by atoms with Crippen molar-refractivity contribution in [1.82, 2.24) is 0 Å². The van der Waals surface area contributed by atoms with Crippen LogP contribution in [0.4, 0.5) is 5.69 Å². The molecule has 0 amide bonds. The Morgan fingerprint density at radius 2 is 0.958 bits per heavy atom. The number of anilines is 1. The van der Waals surface area contributed by atoms with Gasteiger partial charge in [-0.2, -0.15) is 0 Å². The summed E-state index contributed by atoms with van der Waals surface area (Å²) >= 11 is 0. The second-order valence-corrected chi connectivity index (χ2v) is 12.8. The molecular weight excluding hydrogens is 598 g/mol. The maximum absolute atomic E-state index is 12.8. The van der Waals surface area contributed by atoms with Crippen LogP contribution in [0.2, 0.25) is 0 Å². The Kier molecular flexibility index (Phi) is 20.3. The highest BCUT2D eigenvalue weighted by Crippen LogP contribution is 2.22. The van der Waals surface area contributed by atoms with Crippen LogP contribution < -0.4 is 9.64 Å². The van der Waals surface area contributed by atoms with E-state index in [9.17, 15) is 9.59 Å². The fourth-order valence-electron chi connectivity index (χ4n) is 5.73. The molecule has 3 rings (SSSR count). The second-order valence-electron chi connectivity index (χ2n) is 12.8. The van der Waals surface area contributed by atoms with Crippen molar-refractivity contribution in [2.45, 2.75) is 123 Å². The van der Waals surface area contributed by atoms with Crippen LogP contribution in [-0.4, -0.2) is 31.6 Å². The lowest BCUT2D eigenvalue weighted by atomic mass is 10.0. The van der Waals surface area contributed by atoms with E-state index in [1.54, 1.807) is 4.90 Å². The van der Waals surface area contributed by atoms with Gasteiger partial charge in [-0.1, -0.05) is 170 Å². The molecule has 6 heteroatoms. The molecule has 0 saturated heterocycles. The maximum atomic E-state index is 12.8. The minimum atomic E-state index is -0.422. The van der Waals surface area contributed by atoms with Crippen molar-refractivity contribution in [3.63, 3.8) is 0 Å². The van der Waals surface area contributed by atoms with Crippen LogP contribution in [0.15, 0.2) is 84.9 Å². The Balaban J connectivity index is 1.35. The summed E-state index contributed by atoms with van der Waals surface area (Å²) in [4.78, 5) is 27.4. The normalized spacial score (nSPS) is 10.9. The van der Waals surface area contributed by atoms with E-state index < -0.39 is 11.9 Å². The number of ether oxygens (including phenoxy) is 3. The summed E-state index contributed by atoms with van der Waals surface area (Å²) in [7, 11) is 0. The Morgan fingerprint density at radius 3 is 1.42 bits per heavy atom. The van der Waals surface area contributed by atoms with Crippen LogP contribution in [0, 0.1) is 0 Å². The van der Waals surface area contributed by atoms with E-state index in [-0.39, 0.29) is 26.3 Å². The zero-order valence-corrected chi connectivity index (χ0v) is 29.4. The van der Waals surface area contributed by atoms with Gasteiger partial charge in [0.1, 0.15) is 32.1 Å². The molecule has 0 fully saturated rings. The molecule has 0 aliphatic carbocycles. The third-order valence-electron chi connectivity index (χ3n) is 8.57. The minimum absolute atomic E-state index is 0.0875. The van der Waals surface area contributed by atoms with Gasteiger partial charge < -0.3 is 19.1 Å². The summed E-state index contributed by atoms with van der Waals surface area (Å²) < 4.78 is 17.1. The predicted molar refractivity (Wildman–Crippen MR) is 196 cm³/mol. The molecule has 0 unspecified atom stereocenters. The van der Waals surface area contributed by atoms with Gasteiger partial charge in [0, 0.05) is 11.8 Å². The highest BCUT2D eigenvalue weighted by molar-refractivity contribution is 5.81. The van der Waals surface area contributed by atoms with E-state index in [1.165, 1.54) is 89.9 Å². The van der Waals surface area contributed by atoms with Crippen LogP contribution in [-0.2, 0) is 32.3 Å². The Bertz CT molecular complexity index is 1190. The summed E-state index contributed by atoms with van der Waals surface area (Å²) in [5.41, 5.74) is 2.51. The lowest BCUT2D eigenvalue weighted by molar-refractivity contribution is -0.144. The first kappa shape index (κ1) is 38.6. The van der Waals surface area contributed by atoms with Crippen LogP contribution in [0.25, 0.3) is 0 Å². The number of unbranched alkanes of at least 4 members (excludes halogenated alkanes) is 15. The van der Waals surface area contributed by atoms with Gasteiger partial charge in [-0.05, 0) is 29.7 Å². The molecule has 0 saturated carbocycles. The van der Waals surface area contributed by atoms with Crippen molar-refractivity contribution >= 4 is 17.6 Å². The summed E-state index contributed by atoms with van der Waals surface area (Å²) in [5, 5.41) is 0. The average molecular weight is 658 g/mol. The lowest BCUT2D eigenvalue weighted by Gasteiger charge is -2.23. The van der Waals surface area contributed by atoms with Crippen LogP contribution >= 0.6 is 0 Å². The zero-order valence-electron chi connectivity index (χ0n) is 29.4. The summed E-state index contributed by atoms with van der Waals surface area (Å²) in [6.45, 7) is 3.09. The molecule has 0 N–H and O–H groups in total. The van der Waals surface area contributed by atoms with Gasteiger partial charge in [0.15, 0.2) is 0 Å². The molecule has 0 aliphatic heterocycles. The standard InChI is InChI=1S/C42H59NO5/c1-2-3-4-5-6-7-8-9-10-11-12-13-14-15-16-23-31-46-40-30-24-29-39(32-40)43(33-41(44)47-35-37-25-19-17-20-26-37)34-42(45)48-36-38-27-21-18-22-28-38/h17-22,24-30,32H,2-16,23,31,33-36H2,1H3. The van der Waals surface area contributed by atoms with E-state index in [0.29, 0.717) is 18.0 Å². The molecule has 0 aliphatic rings. The Morgan fingerprint density at radius 1 is 0.521 bits per heavy atom. The number of rotatable bonds is 27. The molecule has 3 aromatic rings. The molecule has 0 atom stereocenters. The van der Waals surface area contributed by atoms with Crippen molar-refractivity contribution < 1.29 is 23.8 Å². The first-order valence-electron chi connectivity index (χ1n) is 18.5. The molecule has 0 aromatic heterocycles. The second kappa shape index (κ2) is 25.2. The third-order valence-corrected chi connectivity index (χ3v) is 8.57. The van der Waals surface area contributed by atoms with Gasteiger partial charge in [0.05, 0.1) is 6.61 Å². The first-order chi connectivity index (χ1) is 23.6. The zero-order chi connectivity index (χ0) is 33.9. The number of hydrogen-bond donors (Lipinski definition) is 0. The van der Waals surface area contributed by atoms with E-state index in [2.05, 4.69) is 6.92 Å². The summed E-state index contributed by atoms with van der Waals surface area (Å²) in [6, 6.07) is 26.6. The number of nitrogens with zero attached hydrogens (tertiary/aromatic N) is 1. The molecule has 3 aromatic carbocycles. The number of carbonyl (C=O) groups is 2. The van der Waals surface area contributed by atoms with E-state index in [0.717, 1.165) is 24.0 Å². The molecule has 262 valence electrons. The highest BCUT2D eigenvalue weighted by atomic mass is 16.5. The highest BCUT2D eigenvalue weighted by Gasteiger charge is 2.18.